The van der Waals surface area contributed by atoms with Crippen molar-refractivity contribution in [1.29, 1.82) is 0 Å². The van der Waals surface area contributed by atoms with Crippen LogP contribution in [0.25, 0.3) is 9.81 Å². The fourth-order valence-electron chi connectivity index (χ4n) is 2.03. The second kappa shape index (κ2) is 5.80. The Kier molecular flexibility index (Phi) is 4.06. The predicted molar refractivity (Wildman–Crippen MR) is 92.4 cm³/mol. The summed E-state index contributed by atoms with van der Waals surface area (Å²) in [5.41, 5.74) is 1.99. The van der Waals surface area contributed by atoms with Crippen LogP contribution in [0.2, 0.25) is 0 Å². The van der Waals surface area contributed by atoms with Crippen molar-refractivity contribution in [1.82, 2.24) is 0 Å². The minimum absolute atomic E-state index is 0.857. The summed E-state index contributed by atoms with van der Waals surface area (Å²) in [5, 5.41) is 0. The molecule has 1 aliphatic rings. The summed E-state index contributed by atoms with van der Waals surface area (Å²) in [5.74, 6) is 0. The molecule has 0 aromatic heterocycles. The quantitative estimate of drug-likeness (QED) is 0.652. The minimum Gasteiger partial charge on any atom is -0.249 e. The van der Waals surface area contributed by atoms with Crippen molar-refractivity contribution in [2.24, 2.45) is 0 Å². The largest absolute Gasteiger partial charge is 0.249 e. The molecule has 0 amide bonds. The second-order valence-electron chi connectivity index (χ2n) is 4.34. The molecule has 0 saturated carbocycles. The first-order valence-corrected chi connectivity index (χ1v) is 8.74. The SMILES string of the molecule is O=S1C(c2ccc(Br)cc2)=CC=C1c1ccc(Br)cc1. The van der Waals surface area contributed by atoms with Crippen molar-refractivity contribution in [3.63, 3.8) is 0 Å². The summed E-state index contributed by atoms with van der Waals surface area (Å²) in [6.45, 7) is 0. The maximum atomic E-state index is 12.6. The van der Waals surface area contributed by atoms with Crippen molar-refractivity contribution in [3.8, 4) is 0 Å². The first-order chi connectivity index (χ1) is 9.65. The molecule has 1 aliphatic heterocycles. The van der Waals surface area contributed by atoms with Crippen LogP contribution in [0.4, 0.5) is 0 Å². The molecule has 0 atom stereocenters. The molecule has 3 rings (SSSR count). The van der Waals surface area contributed by atoms with Crippen molar-refractivity contribution in [2.75, 3.05) is 0 Å². The molecule has 100 valence electrons. The van der Waals surface area contributed by atoms with Crippen LogP contribution in [0.5, 0.6) is 0 Å². The molecule has 0 bridgehead atoms. The van der Waals surface area contributed by atoms with Crippen LogP contribution < -0.4 is 0 Å². The molecule has 0 spiro atoms. The van der Waals surface area contributed by atoms with Gasteiger partial charge in [-0.25, -0.2) is 4.21 Å². The van der Waals surface area contributed by atoms with Gasteiger partial charge in [0.15, 0.2) is 0 Å². The van der Waals surface area contributed by atoms with Crippen LogP contribution in [0.15, 0.2) is 69.6 Å². The van der Waals surface area contributed by atoms with E-state index in [1.165, 1.54) is 0 Å². The third kappa shape index (κ3) is 2.73. The number of hydrogen-bond acceptors (Lipinski definition) is 1. The van der Waals surface area contributed by atoms with E-state index in [1.54, 1.807) is 0 Å². The fraction of sp³-hybridized carbons (Fsp3) is 0. The molecule has 2 aromatic rings. The average molecular weight is 410 g/mol. The van der Waals surface area contributed by atoms with Crippen LogP contribution in [0.1, 0.15) is 11.1 Å². The van der Waals surface area contributed by atoms with Gasteiger partial charge in [-0.1, -0.05) is 56.1 Å². The van der Waals surface area contributed by atoms with Gasteiger partial charge in [-0.15, -0.1) is 0 Å². The zero-order valence-electron chi connectivity index (χ0n) is 10.3. The number of benzene rings is 2. The summed E-state index contributed by atoms with van der Waals surface area (Å²) >= 11 is 6.82. The predicted octanol–water partition coefficient (Wildman–Crippen LogP) is 5.36. The molecule has 1 heterocycles. The van der Waals surface area contributed by atoms with Crippen LogP contribution in [0, 0.1) is 0 Å². The first-order valence-electron chi connectivity index (χ1n) is 6.01. The van der Waals surface area contributed by atoms with E-state index in [0.29, 0.717) is 0 Å². The van der Waals surface area contributed by atoms with Gasteiger partial charge >= 0.3 is 0 Å². The molecule has 0 saturated heterocycles. The average Bonchev–Trinajstić information content (AvgIpc) is 2.83. The maximum Gasteiger partial charge on any atom is 0.0861 e. The molecular formula is C16H10Br2OS. The standard InChI is InChI=1S/C16H10Br2OS/c17-13-5-1-11(2-6-13)15-9-10-16(20(15)19)12-3-7-14(18)8-4-12/h1-10H. The molecule has 0 aliphatic carbocycles. The van der Waals surface area contributed by atoms with E-state index in [2.05, 4.69) is 31.9 Å². The summed E-state index contributed by atoms with van der Waals surface area (Å²) in [4.78, 5) is 1.71. The van der Waals surface area contributed by atoms with Gasteiger partial charge < -0.3 is 0 Å². The third-order valence-electron chi connectivity index (χ3n) is 3.04. The number of hydrogen-bond donors (Lipinski definition) is 0. The Hall–Kier alpha value is -0.970. The van der Waals surface area contributed by atoms with Crippen LogP contribution >= 0.6 is 31.9 Å². The zero-order valence-corrected chi connectivity index (χ0v) is 14.3. The van der Waals surface area contributed by atoms with Crippen LogP contribution in [0.3, 0.4) is 0 Å². The van der Waals surface area contributed by atoms with Gasteiger partial charge in [-0.2, -0.15) is 0 Å². The summed E-state index contributed by atoms with van der Waals surface area (Å²) in [7, 11) is -1.12. The second-order valence-corrected chi connectivity index (χ2v) is 7.59. The molecule has 0 radical (unpaired) electrons. The topological polar surface area (TPSA) is 17.1 Å². The highest BCUT2D eigenvalue weighted by Crippen LogP contribution is 2.35. The fourth-order valence-corrected chi connectivity index (χ4v) is 3.88. The maximum absolute atomic E-state index is 12.6. The molecular weight excluding hydrogens is 400 g/mol. The summed E-state index contributed by atoms with van der Waals surface area (Å²) in [6.07, 6.45) is 3.88. The monoisotopic (exact) mass is 408 g/mol. The van der Waals surface area contributed by atoms with Crippen LogP contribution in [-0.4, -0.2) is 4.21 Å². The summed E-state index contributed by atoms with van der Waals surface area (Å²) < 4.78 is 14.7. The Morgan fingerprint density at radius 2 is 1.00 bits per heavy atom. The van der Waals surface area contributed by atoms with E-state index in [1.807, 2.05) is 60.7 Å². The van der Waals surface area contributed by atoms with Crippen molar-refractivity contribution < 1.29 is 4.21 Å². The van der Waals surface area contributed by atoms with Crippen molar-refractivity contribution in [2.45, 2.75) is 0 Å². The van der Waals surface area contributed by atoms with Crippen LogP contribution in [-0.2, 0) is 10.8 Å². The van der Waals surface area contributed by atoms with E-state index < -0.39 is 10.8 Å². The molecule has 0 fully saturated rings. The molecule has 4 heteroatoms. The van der Waals surface area contributed by atoms with Gasteiger partial charge in [-0.3, -0.25) is 0 Å². The van der Waals surface area contributed by atoms with Gasteiger partial charge in [-0.05, 0) is 47.5 Å². The number of rotatable bonds is 2. The Bertz CT molecular complexity index is 665. The van der Waals surface area contributed by atoms with Gasteiger partial charge in [0.1, 0.15) is 0 Å². The minimum atomic E-state index is -1.12. The van der Waals surface area contributed by atoms with Gasteiger partial charge in [0.2, 0.25) is 0 Å². The highest BCUT2D eigenvalue weighted by atomic mass is 79.9. The first kappa shape index (κ1) is 14.0. The Balaban J connectivity index is 1.89. The van der Waals surface area contributed by atoms with Gasteiger partial charge in [0, 0.05) is 8.95 Å². The van der Waals surface area contributed by atoms with Crippen molar-refractivity contribution in [3.05, 3.63) is 80.8 Å². The molecule has 0 N–H and O–H groups in total. The van der Waals surface area contributed by atoms with E-state index in [9.17, 15) is 4.21 Å². The Morgan fingerprint density at radius 3 is 1.35 bits per heavy atom. The molecule has 2 aromatic carbocycles. The Labute approximate surface area is 137 Å². The lowest BCUT2D eigenvalue weighted by molar-refractivity contribution is 0.694. The highest BCUT2D eigenvalue weighted by molar-refractivity contribution is 9.10. The number of halogens is 2. The zero-order chi connectivity index (χ0) is 14.1. The van der Waals surface area contributed by atoms with Gasteiger partial charge in [0.05, 0.1) is 20.6 Å². The number of allylic oxidation sites excluding steroid dienone is 2. The lowest BCUT2D eigenvalue weighted by Crippen LogP contribution is -1.94. The Morgan fingerprint density at radius 1 is 0.650 bits per heavy atom. The normalized spacial score (nSPS) is 15.1. The lowest BCUT2D eigenvalue weighted by atomic mass is 10.2. The third-order valence-corrected chi connectivity index (χ3v) is 5.64. The highest BCUT2D eigenvalue weighted by Gasteiger charge is 2.20. The van der Waals surface area contributed by atoms with E-state index >= 15 is 0 Å². The molecule has 0 unspecified atom stereocenters. The summed E-state index contributed by atoms with van der Waals surface area (Å²) in [6, 6.07) is 15.8. The van der Waals surface area contributed by atoms with E-state index in [4.69, 9.17) is 0 Å². The molecule has 20 heavy (non-hydrogen) atoms. The van der Waals surface area contributed by atoms with E-state index in [-0.39, 0.29) is 0 Å². The van der Waals surface area contributed by atoms with E-state index in [0.717, 1.165) is 29.9 Å². The lowest BCUT2D eigenvalue weighted by Gasteiger charge is -2.06. The molecule has 1 nitrogen and oxygen atoms in total. The van der Waals surface area contributed by atoms with Gasteiger partial charge in [0.25, 0.3) is 0 Å². The smallest absolute Gasteiger partial charge is 0.0861 e. The van der Waals surface area contributed by atoms with Crippen molar-refractivity contribution >= 4 is 52.5 Å².